The number of nitrogens with one attached hydrogen (secondary N) is 2. The van der Waals surface area contributed by atoms with E-state index in [4.69, 9.17) is 0 Å². The van der Waals surface area contributed by atoms with Crippen molar-refractivity contribution in [3.8, 4) is 11.3 Å². The van der Waals surface area contributed by atoms with Crippen molar-refractivity contribution >= 4 is 28.9 Å². The summed E-state index contributed by atoms with van der Waals surface area (Å²) < 4.78 is 42.1. The number of hydrogen-bond donors (Lipinski definition) is 2. The Balaban J connectivity index is 1.36. The molecule has 0 radical (unpaired) electrons. The van der Waals surface area contributed by atoms with E-state index in [1.54, 1.807) is 49.8 Å². The van der Waals surface area contributed by atoms with Crippen LogP contribution in [-0.4, -0.2) is 64.0 Å². The summed E-state index contributed by atoms with van der Waals surface area (Å²) in [6.45, 7) is 4.47. The zero-order chi connectivity index (χ0) is 28.3. The number of halogens is 3. The first-order valence-corrected chi connectivity index (χ1v) is 12.6. The summed E-state index contributed by atoms with van der Waals surface area (Å²) in [7, 11) is 1.97. The highest BCUT2D eigenvalue weighted by Gasteiger charge is 2.36. The summed E-state index contributed by atoms with van der Waals surface area (Å²) in [6, 6.07) is 10.8. The maximum atomic E-state index is 14.0. The van der Waals surface area contributed by atoms with E-state index in [1.165, 1.54) is 12.3 Å². The Labute approximate surface area is 229 Å². The maximum absolute atomic E-state index is 14.0. The van der Waals surface area contributed by atoms with Crippen molar-refractivity contribution in [3.63, 3.8) is 0 Å². The number of rotatable bonds is 6. The molecule has 40 heavy (non-hydrogen) atoms. The number of pyridine rings is 2. The third-order valence-corrected chi connectivity index (χ3v) is 6.63. The second kappa shape index (κ2) is 11.3. The fraction of sp³-hybridized carbons (Fsp3) is 0.250. The van der Waals surface area contributed by atoms with Crippen LogP contribution in [0.1, 0.15) is 21.6 Å². The minimum atomic E-state index is -4.70. The normalized spacial score (nSPS) is 14.2. The Hall–Kier alpha value is -4.58. The number of nitrogens with zero attached hydrogens (tertiary/aromatic N) is 6. The van der Waals surface area contributed by atoms with Crippen molar-refractivity contribution in [2.45, 2.75) is 13.1 Å². The monoisotopic (exact) mass is 548 g/mol. The fourth-order valence-corrected chi connectivity index (χ4v) is 4.37. The van der Waals surface area contributed by atoms with E-state index in [0.717, 1.165) is 24.7 Å². The number of carbonyl (C=O) groups excluding carboxylic acids is 1. The van der Waals surface area contributed by atoms with Gasteiger partial charge in [-0.1, -0.05) is 0 Å². The minimum Gasteiger partial charge on any atom is -0.369 e. The predicted octanol–water partition coefficient (Wildman–Crippen LogP) is 5.01. The lowest BCUT2D eigenvalue weighted by Crippen LogP contribution is -2.44. The number of likely N-dealkylation sites (N-methyl/N-ethyl adjacent to an activating group) is 1. The minimum absolute atomic E-state index is 0.220. The number of aromatic nitrogens is 4. The maximum Gasteiger partial charge on any atom is 0.417 e. The molecule has 4 aromatic rings. The van der Waals surface area contributed by atoms with E-state index < -0.39 is 23.2 Å². The molecule has 0 saturated carbocycles. The molecule has 0 bridgehead atoms. The third-order valence-electron chi connectivity index (χ3n) is 6.63. The van der Waals surface area contributed by atoms with E-state index in [1.807, 2.05) is 18.0 Å². The molecule has 1 fully saturated rings. The van der Waals surface area contributed by atoms with Crippen molar-refractivity contribution < 1.29 is 18.0 Å². The lowest BCUT2D eigenvalue weighted by Gasteiger charge is -2.34. The SMILES string of the molecule is Cc1ncc(NC(=O)c2ccc(N3CCN(C)CC3)cc2C(F)(F)F)cc1Nc1nccc(-c2cccnc2)n1. The smallest absolute Gasteiger partial charge is 0.369 e. The Morgan fingerprint density at radius 3 is 2.50 bits per heavy atom. The molecule has 4 heterocycles. The van der Waals surface area contributed by atoms with Gasteiger partial charge in [-0.05, 0) is 56.4 Å². The summed E-state index contributed by atoms with van der Waals surface area (Å²) >= 11 is 0. The van der Waals surface area contributed by atoms with Crippen molar-refractivity contribution in [2.24, 2.45) is 0 Å². The molecule has 5 rings (SSSR count). The van der Waals surface area contributed by atoms with E-state index >= 15 is 0 Å². The Morgan fingerprint density at radius 2 is 1.77 bits per heavy atom. The van der Waals surface area contributed by atoms with Crippen LogP contribution < -0.4 is 15.5 Å². The average molecular weight is 549 g/mol. The first-order valence-electron chi connectivity index (χ1n) is 12.6. The first-order chi connectivity index (χ1) is 19.2. The van der Waals surface area contributed by atoms with Gasteiger partial charge in [-0.3, -0.25) is 14.8 Å². The lowest BCUT2D eigenvalue weighted by molar-refractivity contribution is -0.137. The topological polar surface area (TPSA) is 99.2 Å². The molecule has 0 atom stereocenters. The Morgan fingerprint density at radius 1 is 0.975 bits per heavy atom. The number of piperazine rings is 1. The highest BCUT2D eigenvalue weighted by Crippen LogP contribution is 2.35. The van der Waals surface area contributed by atoms with Crippen molar-refractivity contribution in [1.82, 2.24) is 24.8 Å². The molecule has 1 aromatic carbocycles. The highest BCUT2D eigenvalue weighted by molar-refractivity contribution is 6.06. The summed E-state index contributed by atoms with van der Waals surface area (Å²) in [4.78, 5) is 34.2. The molecule has 3 aromatic heterocycles. The van der Waals surface area contributed by atoms with Crippen LogP contribution in [0.5, 0.6) is 0 Å². The number of alkyl halides is 3. The molecule has 1 saturated heterocycles. The van der Waals surface area contributed by atoms with E-state index in [-0.39, 0.29) is 11.6 Å². The second-order valence-electron chi connectivity index (χ2n) is 9.46. The molecule has 1 aliphatic heterocycles. The molecule has 12 heteroatoms. The zero-order valence-corrected chi connectivity index (χ0v) is 21.9. The molecule has 0 aliphatic carbocycles. The lowest BCUT2D eigenvalue weighted by atomic mass is 10.0. The predicted molar refractivity (Wildman–Crippen MR) is 147 cm³/mol. The summed E-state index contributed by atoms with van der Waals surface area (Å²) in [5, 5.41) is 5.63. The van der Waals surface area contributed by atoms with Crippen LogP contribution in [0.2, 0.25) is 0 Å². The van der Waals surface area contributed by atoms with Crippen LogP contribution in [0.4, 0.5) is 36.2 Å². The quantitative estimate of drug-likeness (QED) is 0.347. The third kappa shape index (κ3) is 6.18. The molecule has 0 unspecified atom stereocenters. The molecule has 0 spiro atoms. The number of hydrogen-bond acceptors (Lipinski definition) is 8. The van der Waals surface area contributed by atoms with Crippen molar-refractivity contribution in [3.05, 3.63) is 84.1 Å². The Bertz CT molecular complexity index is 1510. The number of anilines is 4. The molecule has 9 nitrogen and oxygen atoms in total. The average Bonchev–Trinajstić information content (AvgIpc) is 2.95. The molecule has 206 valence electrons. The molecule has 2 N–H and O–H groups in total. The number of carbonyl (C=O) groups is 1. The van der Waals surface area contributed by atoms with Gasteiger partial charge < -0.3 is 20.4 Å². The van der Waals surface area contributed by atoms with Crippen molar-refractivity contribution in [1.29, 1.82) is 0 Å². The second-order valence-corrected chi connectivity index (χ2v) is 9.46. The van der Waals surface area contributed by atoms with E-state index in [2.05, 4.69) is 35.5 Å². The summed E-state index contributed by atoms with van der Waals surface area (Å²) in [5.41, 5.74) is 1.74. The summed E-state index contributed by atoms with van der Waals surface area (Å²) in [6.07, 6.45) is 1.62. The van der Waals surface area contributed by atoms with Gasteiger partial charge in [0.2, 0.25) is 5.95 Å². The zero-order valence-electron chi connectivity index (χ0n) is 21.9. The van der Waals surface area contributed by atoms with Crippen LogP contribution in [0.3, 0.4) is 0 Å². The van der Waals surface area contributed by atoms with Gasteiger partial charge in [0.05, 0.1) is 40.1 Å². The molecular weight excluding hydrogens is 521 g/mol. The standard InChI is InChI=1S/C28H27F3N8O/c1-18-25(37-27-33-9-7-24(36-27)19-4-3-8-32-16-19)14-20(17-34-18)35-26(40)22-6-5-21(15-23(22)28(29,30)31)39-12-10-38(2)11-13-39/h3-9,14-17H,10-13H2,1-2H3,(H,35,40)(H,33,36,37). The van der Waals surface area contributed by atoms with Crippen LogP contribution >= 0.6 is 0 Å². The molecular formula is C28H27F3N8O. The van der Waals surface area contributed by atoms with E-state index in [9.17, 15) is 18.0 Å². The Kier molecular flexibility index (Phi) is 7.60. The van der Waals surface area contributed by atoms with Gasteiger partial charge in [-0.25, -0.2) is 9.97 Å². The van der Waals surface area contributed by atoms with Crippen LogP contribution in [-0.2, 0) is 6.18 Å². The van der Waals surface area contributed by atoms with Crippen LogP contribution in [0.15, 0.2) is 67.3 Å². The highest BCUT2D eigenvalue weighted by atomic mass is 19.4. The van der Waals surface area contributed by atoms with Gasteiger partial charge in [-0.2, -0.15) is 13.2 Å². The number of amides is 1. The van der Waals surface area contributed by atoms with Gasteiger partial charge in [0.15, 0.2) is 0 Å². The van der Waals surface area contributed by atoms with Gasteiger partial charge in [-0.15, -0.1) is 0 Å². The van der Waals surface area contributed by atoms with E-state index in [0.29, 0.717) is 35.9 Å². The van der Waals surface area contributed by atoms with Crippen LogP contribution in [0.25, 0.3) is 11.3 Å². The van der Waals surface area contributed by atoms with Gasteiger partial charge in [0.25, 0.3) is 5.91 Å². The number of benzene rings is 1. The van der Waals surface area contributed by atoms with Gasteiger partial charge in [0, 0.05) is 56.0 Å². The fourth-order valence-electron chi connectivity index (χ4n) is 4.37. The summed E-state index contributed by atoms with van der Waals surface area (Å²) in [5.74, 6) is -0.600. The first kappa shape index (κ1) is 27.0. The van der Waals surface area contributed by atoms with Crippen LogP contribution in [0, 0.1) is 6.92 Å². The largest absolute Gasteiger partial charge is 0.417 e. The van der Waals surface area contributed by atoms with Gasteiger partial charge >= 0.3 is 6.18 Å². The van der Waals surface area contributed by atoms with Crippen molar-refractivity contribution in [2.75, 3.05) is 48.8 Å². The van der Waals surface area contributed by atoms with Gasteiger partial charge in [0.1, 0.15) is 0 Å². The molecule has 1 aliphatic rings. The number of aryl methyl sites for hydroxylation is 1. The molecule has 1 amide bonds.